The van der Waals surface area contributed by atoms with Crippen molar-refractivity contribution in [3.05, 3.63) is 29.1 Å². The zero-order valence-electron chi connectivity index (χ0n) is 10.6. The maximum absolute atomic E-state index is 13.5. The van der Waals surface area contributed by atoms with Gasteiger partial charge in [0, 0.05) is 0 Å². The van der Waals surface area contributed by atoms with Gasteiger partial charge in [-0.3, -0.25) is 10.1 Å². The first kappa shape index (κ1) is 14.6. The first-order valence-electron chi connectivity index (χ1n) is 5.67. The number of carbonyl (C=O) groups is 1. The monoisotopic (exact) mass is 302 g/mol. The van der Waals surface area contributed by atoms with Crippen molar-refractivity contribution in [1.82, 2.24) is 15.2 Å². The summed E-state index contributed by atoms with van der Waals surface area (Å²) in [4.78, 5) is 15.4. The minimum atomic E-state index is -1.78. The number of rotatable bonds is 4. The van der Waals surface area contributed by atoms with Gasteiger partial charge in [-0.25, -0.2) is 13.9 Å². The van der Waals surface area contributed by atoms with Crippen molar-refractivity contribution >= 4 is 11.9 Å². The third-order valence-electron chi connectivity index (χ3n) is 2.35. The molecule has 0 fully saturated rings. The van der Waals surface area contributed by atoms with Crippen molar-refractivity contribution in [1.29, 1.82) is 0 Å². The SMILES string of the molecule is CCOc1n[nH]c(NC(=O)c2cc(F)c(F)c(O)c2F)n1. The molecule has 0 radical (unpaired) electrons. The Labute approximate surface area is 115 Å². The molecule has 2 aromatic rings. The summed E-state index contributed by atoms with van der Waals surface area (Å²) in [5, 5.41) is 16.9. The summed E-state index contributed by atoms with van der Waals surface area (Å²) >= 11 is 0. The smallest absolute Gasteiger partial charge is 0.337 e. The number of nitrogens with zero attached hydrogens (tertiary/aromatic N) is 2. The molecule has 0 aliphatic carbocycles. The van der Waals surface area contributed by atoms with E-state index in [0.717, 1.165) is 0 Å². The number of hydrogen-bond acceptors (Lipinski definition) is 5. The molecule has 10 heteroatoms. The molecular weight excluding hydrogens is 293 g/mol. The number of ether oxygens (including phenoxy) is 1. The number of aromatic nitrogens is 3. The van der Waals surface area contributed by atoms with Crippen molar-refractivity contribution in [2.24, 2.45) is 0 Å². The first-order valence-corrected chi connectivity index (χ1v) is 5.67. The number of aromatic hydroxyl groups is 1. The van der Waals surface area contributed by atoms with E-state index in [4.69, 9.17) is 9.84 Å². The molecule has 0 aliphatic rings. The Morgan fingerprint density at radius 2 is 2.14 bits per heavy atom. The molecule has 0 aliphatic heterocycles. The van der Waals surface area contributed by atoms with E-state index < -0.39 is 34.7 Å². The Balaban J connectivity index is 2.24. The third kappa shape index (κ3) is 2.88. The average molecular weight is 302 g/mol. The highest BCUT2D eigenvalue weighted by Gasteiger charge is 2.23. The summed E-state index contributed by atoms with van der Waals surface area (Å²) in [6.07, 6.45) is 0. The van der Waals surface area contributed by atoms with Crippen LogP contribution in [0, 0.1) is 17.5 Å². The number of phenols is 1. The molecule has 0 spiro atoms. The number of hydrogen-bond donors (Lipinski definition) is 3. The van der Waals surface area contributed by atoms with E-state index in [1.807, 2.05) is 0 Å². The summed E-state index contributed by atoms with van der Waals surface area (Å²) in [5.74, 6) is -7.84. The topological polar surface area (TPSA) is 100 Å². The summed E-state index contributed by atoms with van der Waals surface area (Å²) < 4.78 is 44.5. The average Bonchev–Trinajstić information content (AvgIpc) is 2.88. The zero-order chi connectivity index (χ0) is 15.6. The summed E-state index contributed by atoms with van der Waals surface area (Å²) in [5.41, 5.74) is -0.888. The number of phenolic OH excluding ortho intramolecular Hbond substituents is 1. The molecule has 1 heterocycles. The van der Waals surface area contributed by atoms with Crippen LogP contribution < -0.4 is 10.1 Å². The molecule has 0 bridgehead atoms. The Kier molecular flexibility index (Phi) is 3.96. The second kappa shape index (κ2) is 5.69. The van der Waals surface area contributed by atoms with Gasteiger partial charge in [-0.2, -0.15) is 9.37 Å². The number of aromatic amines is 1. The van der Waals surface area contributed by atoms with Crippen LogP contribution in [0.25, 0.3) is 0 Å². The lowest BCUT2D eigenvalue weighted by atomic mass is 10.1. The van der Waals surface area contributed by atoms with E-state index in [-0.39, 0.29) is 18.6 Å². The molecule has 1 amide bonds. The third-order valence-corrected chi connectivity index (χ3v) is 2.35. The largest absolute Gasteiger partial charge is 0.503 e. The molecular formula is C11H9F3N4O3. The lowest BCUT2D eigenvalue weighted by Crippen LogP contribution is -2.16. The van der Waals surface area contributed by atoms with Gasteiger partial charge >= 0.3 is 6.01 Å². The van der Waals surface area contributed by atoms with Crippen LogP contribution in [-0.2, 0) is 0 Å². The van der Waals surface area contributed by atoms with Crippen LogP contribution in [0.2, 0.25) is 0 Å². The molecule has 2 rings (SSSR count). The van der Waals surface area contributed by atoms with Crippen LogP contribution in [0.4, 0.5) is 19.1 Å². The predicted octanol–water partition coefficient (Wildman–Crippen LogP) is 1.58. The number of benzene rings is 1. The number of amides is 1. The van der Waals surface area contributed by atoms with Crippen molar-refractivity contribution in [2.75, 3.05) is 11.9 Å². The van der Waals surface area contributed by atoms with Crippen molar-refractivity contribution in [3.8, 4) is 11.8 Å². The molecule has 21 heavy (non-hydrogen) atoms. The van der Waals surface area contributed by atoms with Crippen LogP contribution in [-0.4, -0.2) is 32.8 Å². The fraction of sp³-hybridized carbons (Fsp3) is 0.182. The molecule has 0 unspecified atom stereocenters. The van der Waals surface area contributed by atoms with Gasteiger partial charge in [0.2, 0.25) is 11.8 Å². The molecule has 0 saturated heterocycles. The maximum atomic E-state index is 13.5. The Morgan fingerprint density at radius 1 is 1.43 bits per heavy atom. The van der Waals surface area contributed by atoms with E-state index in [2.05, 4.69) is 20.5 Å². The quantitative estimate of drug-likeness (QED) is 0.744. The second-order valence-corrected chi connectivity index (χ2v) is 3.74. The van der Waals surface area contributed by atoms with Gasteiger partial charge < -0.3 is 9.84 Å². The molecule has 0 atom stereocenters. The van der Waals surface area contributed by atoms with Gasteiger partial charge in [0.15, 0.2) is 17.4 Å². The van der Waals surface area contributed by atoms with Gasteiger partial charge in [-0.15, -0.1) is 5.10 Å². The van der Waals surface area contributed by atoms with Gasteiger partial charge in [0.05, 0.1) is 12.2 Å². The fourth-order valence-corrected chi connectivity index (χ4v) is 1.43. The van der Waals surface area contributed by atoms with Crippen molar-refractivity contribution in [3.63, 3.8) is 0 Å². The molecule has 1 aromatic heterocycles. The van der Waals surface area contributed by atoms with Crippen molar-refractivity contribution in [2.45, 2.75) is 6.92 Å². The summed E-state index contributed by atoms with van der Waals surface area (Å²) in [6, 6.07) is 0.265. The highest BCUT2D eigenvalue weighted by molar-refractivity contribution is 6.03. The van der Waals surface area contributed by atoms with Gasteiger partial charge in [-0.05, 0) is 13.0 Å². The molecule has 112 valence electrons. The van der Waals surface area contributed by atoms with E-state index in [1.54, 1.807) is 6.92 Å². The summed E-state index contributed by atoms with van der Waals surface area (Å²) in [6.45, 7) is 1.98. The Bertz CT molecular complexity index is 690. The standard InChI is InChI=1S/C11H9F3N4O3/c1-2-21-11-16-10(17-18-11)15-9(20)4-3-5(12)7(14)8(19)6(4)13/h3,19H,2H2,1H3,(H2,15,16,17,18,20). The van der Waals surface area contributed by atoms with Crippen LogP contribution >= 0.6 is 0 Å². The van der Waals surface area contributed by atoms with Gasteiger partial charge in [-0.1, -0.05) is 0 Å². The Hall–Kier alpha value is -2.78. The number of H-pyrrole nitrogens is 1. The van der Waals surface area contributed by atoms with E-state index in [0.29, 0.717) is 6.07 Å². The highest BCUT2D eigenvalue weighted by atomic mass is 19.2. The normalized spacial score (nSPS) is 10.5. The summed E-state index contributed by atoms with van der Waals surface area (Å²) in [7, 11) is 0. The lowest BCUT2D eigenvalue weighted by molar-refractivity contribution is 0.102. The second-order valence-electron chi connectivity index (χ2n) is 3.74. The van der Waals surface area contributed by atoms with Crippen molar-refractivity contribution < 1.29 is 27.8 Å². The van der Waals surface area contributed by atoms with Gasteiger partial charge in [0.25, 0.3) is 5.91 Å². The molecule has 0 saturated carbocycles. The fourth-order valence-electron chi connectivity index (χ4n) is 1.43. The first-order chi connectivity index (χ1) is 9.93. The van der Waals surface area contributed by atoms with E-state index in [1.165, 1.54) is 0 Å². The molecule has 3 N–H and O–H groups in total. The van der Waals surface area contributed by atoms with Crippen LogP contribution in [0.1, 0.15) is 17.3 Å². The maximum Gasteiger partial charge on any atom is 0.337 e. The Morgan fingerprint density at radius 3 is 2.81 bits per heavy atom. The van der Waals surface area contributed by atoms with Gasteiger partial charge in [0.1, 0.15) is 0 Å². The number of nitrogens with one attached hydrogen (secondary N) is 2. The molecule has 1 aromatic carbocycles. The van der Waals surface area contributed by atoms with E-state index in [9.17, 15) is 18.0 Å². The van der Waals surface area contributed by atoms with Crippen LogP contribution in [0.15, 0.2) is 6.07 Å². The minimum absolute atomic E-state index is 0.0543. The molecule has 7 nitrogen and oxygen atoms in total. The minimum Gasteiger partial charge on any atom is -0.503 e. The van der Waals surface area contributed by atoms with Crippen LogP contribution in [0.5, 0.6) is 11.8 Å². The predicted molar refractivity (Wildman–Crippen MR) is 63.5 cm³/mol. The van der Waals surface area contributed by atoms with Crippen LogP contribution in [0.3, 0.4) is 0 Å². The zero-order valence-corrected chi connectivity index (χ0v) is 10.6. The lowest BCUT2D eigenvalue weighted by Gasteiger charge is -2.06. The van der Waals surface area contributed by atoms with E-state index >= 15 is 0 Å². The highest BCUT2D eigenvalue weighted by Crippen LogP contribution is 2.26. The number of anilines is 1. The number of halogens is 3. The number of carbonyl (C=O) groups excluding carboxylic acids is 1.